The van der Waals surface area contributed by atoms with E-state index >= 15 is 0 Å². The molecule has 0 saturated heterocycles. The summed E-state index contributed by atoms with van der Waals surface area (Å²) in [6.07, 6.45) is 0.995. The standard InChI is InChI=1S/C18H20F3N3O3S2/c1-12-10-14(23-29(26,27)18(19,20)21)2-3-15(12)17(25)22-6-8-24-7-4-16-13(11-24)5-9-28-16/h2-3,5,9-10,23H,4,6-8,11H2,1H3,(H,22,25). The van der Waals surface area contributed by atoms with Crippen molar-refractivity contribution in [3.63, 3.8) is 0 Å². The Bertz CT molecular complexity index is 1000. The van der Waals surface area contributed by atoms with Crippen LogP contribution >= 0.6 is 11.3 Å². The number of sulfonamides is 1. The zero-order valence-electron chi connectivity index (χ0n) is 15.5. The van der Waals surface area contributed by atoms with Crippen LogP contribution in [0.3, 0.4) is 0 Å². The van der Waals surface area contributed by atoms with E-state index in [1.54, 1.807) is 11.3 Å². The normalized spacial score (nSPS) is 15.0. The van der Waals surface area contributed by atoms with Crippen molar-refractivity contribution < 1.29 is 26.4 Å². The molecule has 158 valence electrons. The van der Waals surface area contributed by atoms with E-state index in [4.69, 9.17) is 0 Å². The molecule has 0 unspecified atom stereocenters. The number of halogens is 3. The van der Waals surface area contributed by atoms with Crippen molar-refractivity contribution in [2.75, 3.05) is 24.4 Å². The molecule has 0 atom stereocenters. The summed E-state index contributed by atoms with van der Waals surface area (Å²) in [7, 11) is -5.50. The van der Waals surface area contributed by atoms with Crippen molar-refractivity contribution in [2.45, 2.75) is 25.4 Å². The lowest BCUT2D eigenvalue weighted by Crippen LogP contribution is -2.37. The second-order valence-electron chi connectivity index (χ2n) is 6.73. The van der Waals surface area contributed by atoms with Crippen molar-refractivity contribution in [1.29, 1.82) is 0 Å². The van der Waals surface area contributed by atoms with Gasteiger partial charge in [-0.2, -0.15) is 21.6 Å². The van der Waals surface area contributed by atoms with Crippen molar-refractivity contribution in [1.82, 2.24) is 10.2 Å². The van der Waals surface area contributed by atoms with Gasteiger partial charge in [0.25, 0.3) is 5.91 Å². The predicted molar refractivity (Wildman–Crippen MR) is 105 cm³/mol. The molecule has 0 fully saturated rings. The predicted octanol–water partition coefficient (Wildman–Crippen LogP) is 3.11. The first-order valence-corrected chi connectivity index (χ1v) is 11.2. The number of amides is 1. The summed E-state index contributed by atoms with van der Waals surface area (Å²) < 4.78 is 61.2. The first kappa shape index (κ1) is 21.6. The van der Waals surface area contributed by atoms with Crippen molar-refractivity contribution >= 4 is 33.0 Å². The molecule has 1 amide bonds. The Labute approximate surface area is 170 Å². The van der Waals surface area contributed by atoms with Crippen molar-refractivity contribution in [2.24, 2.45) is 0 Å². The first-order valence-electron chi connectivity index (χ1n) is 8.82. The Balaban J connectivity index is 1.55. The van der Waals surface area contributed by atoms with Crippen LogP contribution in [0.5, 0.6) is 0 Å². The van der Waals surface area contributed by atoms with Crippen LogP contribution in [0.2, 0.25) is 0 Å². The van der Waals surface area contributed by atoms with Crippen LogP contribution in [-0.2, 0) is 23.0 Å². The van der Waals surface area contributed by atoms with Crippen LogP contribution in [0, 0.1) is 6.92 Å². The smallest absolute Gasteiger partial charge is 0.351 e. The van der Waals surface area contributed by atoms with Gasteiger partial charge in [0.15, 0.2) is 0 Å². The average molecular weight is 448 g/mol. The Hall–Kier alpha value is -2.11. The minimum Gasteiger partial charge on any atom is -0.351 e. The molecule has 29 heavy (non-hydrogen) atoms. The van der Waals surface area contributed by atoms with Gasteiger partial charge in [-0.25, -0.2) is 0 Å². The largest absolute Gasteiger partial charge is 0.516 e. The third-order valence-corrected chi connectivity index (χ3v) is 6.77. The molecule has 0 radical (unpaired) electrons. The quantitative estimate of drug-likeness (QED) is 0.713. The SMILES string of the molecule is Cc1cc(NS(=O)(=O)C(F)(F)F)ccc1C(=O)NCCN1CCc2sccc2C1. The molecule has 2 aromatic rings. The van der Waals surface area contributed by atoms with E-state index in [0.29, 0.717) is 18.7 Å². The van der Waals surface area contributed by atoms with Crippen LogP contribution in [0.1, 0.15) is 26.4 Å². The zero-order chi connectivity index (χ0) is 21.2. The number of nitrogens with zero attached hydrogens (tertiary/aromatic N) is 1. The van der Waals surface area contributed by atoms with Crippen molar-refractivity contribution in [3.05, 3.63) is 51.2 Å². The van der Waals surface area contributed by atoms with Gasteiger partial charge in [0.2, 0.25) is 0 Å². The van der Waals surface area contributed by atoms with E-state index in [9.17, 15) is 26.4 Å². The maximum Gasteiger partial charge on any atom is 0.516 e. The van der Waals surface area contributed by atoms with Gasteiger partial charge in [-0.1, -0.05) is 0 Å². The van der Waals surface area contributed by atoms with E-state index in [-0.39, 0.29) is 17.2 Å². The molecule has 1 aliphatic rings. The maximum atomic E-state index is 12.5. The second kappa shape index (κ2) is 8.33. The Morgan fingerprint density at radius 3 is 2.72 bits per heavy atom. The van der Waals surface area contributed by atoms with Crippen LogP contribution in [0.25, 0.3) is 0 Å². The zero-order valence-corrected chi connectivity index (χ0v) is 17.2. The molecule has 1 aliphatic heterocycles. The molecule has 2 N–H and O–H groups in total. The van der Waals surface area contributed by atoms with E-state index in [0.717, 1.165) is 25.6 Å². The molecule has 3 rings (SSSR count). The highest BCUT2D eigenvalue weighted by Gasteiger charge is 2.46. The summed E-state index contributed by atoms with van der Waals surface area (Å²) in [6.45, 7) is 4.42. The molecule has 6 nitrogen and oxygen atoms in total. The van der Waals surface area contributed by atoms with Gasteiger partial charge in [0.05, 0.1) is 0 Å². The second-order valence-corrected chi connectivity index (χ2v) is 9.41. The monoisotopic (exact) mass is 447 g/mol. The molecule has 0 saturated carbocycles. The summed E-state index contributed by atoms with van der Waals surface area (Å²) in [5, 5.41) is 4.88. The molecule has 0 spiro atoms. The maximum absolute atomic E-state index is 12.5. The molecule has 11 heteroatoms. The number of alkyl halides is 3. The molecule has 0 aliphatic carbocycles. The van der Waals surface area contributed by atoms with Crippen LogP contribution in [0.15, 0.2) is 29.6 Å². The van der Waals surface area contributed by atoms with Crippen molar-refractivity contribution in [3.8, 4) is 0 Å². The number of rotatable bonds is 6. The fourth-order valence-corrected chi connectivity index (χ4v) is 4.56. The summed E-state index contributed by atoms with van der Waals surface area (Å²) in [5.41, 5.74) is -3.70. The highest BCUT2D eigenvalue weighted by atomic mass is 32.2. The van der Waals surface area contributed by atoms with Gasteiger partial charge in [0.1, 0.15) is 0 Å². The molecule has 1 aromatic heterocycles. The molecular formula is C18H20F3N3O3S2. The fraction of sp³-hybridized carbons (Fsp3) is 0.389. The van der Waals surface area contributed by atoms with Gasteiger partial charge in [0, 0.05) is 42.3 Å². The number of aryl methyl sites for hydroxylation is 1. The lowest BCUT2D eigenvalue weighted by atomic mass is 10.1. The molecule has 1 aromatic carbocycles. The van der Waals surface area contributed by atoms with Crippen LogP contribution in [0.4, 0.5) is 18.9 Å². The number of nitrogens with one attached hydrogen (secondary N) is 2. The summed E-state index contributed by atoms with van der Waals surface area (Å²) in [5.74, 6) is -0.360. The Kier molecular flexibility index (Phi) is 6.20. The van der Waals surface area contributed by atoms with Gasteiger partial charge >= 0.3 is 15.5 Å². The van der Waals surface area contributed by atoms with Gasteiger partial charge in [-0.15, -0.1) is 11.3 Å². The lowest BCUT2D eigenvalue weighted by Gasteiger charge is -2.26. The van der Waals surface area contributed by atoms with Crippen LogP contribution in [-0.4, -0.2) is 44.4 Å². The number of fused-ring (bicyclic) bond motifs is 1. The Morgan fingerprint density at radius 1 is 1.28 bits per heavy atom. The number of thiophene rings is 1. The van der Waals surface area contributed by atoms with E-state index < -0.39 is 15.5 Å². The first-order chi connectivity index (χ1) is 13.6. The number of carbonyl (C=O) groups excluding carboxylic acids is 1. The Morgan fingerprint density at radius 2 is 2.03 bits per heavy atom. The van der Waals surface area contributed by atoms with Gasteiger partial charge < -0.3 is 5.32 Å². The lowest BCUT2D eigenvalue weighted by molar-refractivity contribution is -0.0429. The topological polar surface area (TPSA) is 78.5 Å². The van der Waals surface area contributed by atoms with Crippen LogP contribution < -0.4 is 10.0 Å². The number of hydrogen-bond acceptors (Lipinski definition) is 5. The third kappa shape index (κ3) is 5.09. The molecular weight excluding hydrogens is 427 g/mol. The molecule has 0 bridgehead atoms. The number of anilines is 1. The minimum absolute atomic E-state index is 0.253. The number of hydrogen-bond donors (Lipinski definition) is 2. The summed E-state index contributed by atoms with van der Waals surface area (Å²) >= 11 is 1.76. The van der Waals surface area contributed by atoms with E-state index in [1.165, 1.54) is 34.2 Å². The third-order valence-electron chi connectivity index (χ3n) is 4.63. The fourth-order valence-electron chi connectivity index (χ4n) is 3.12. The highest BCUT2D eigenvalue weighted by Crippen LogP contribution is 2.26. The van der Waals surface area contributed by atoms with Gasteiger partial charge in [-0.3, -0.25) is 14.4 Å². The van der Waals surface area contributed by atoms with E-state index in [2.05, 4.69) is 21.7 Å². The molecule has 2 heterocycles. The summed E-state index contributed by atoms with van der Waals surface area (Å²) in [6, 6.07) is 5.75. The van der Waals surface area contributed by atoms with E-state index in [1.807, 2.05) is 0 Å². The average Bonchev–Trinajstić information content (AvgIpc) is 3.08. The highest BCUT2D eigenvalue weighted by molar-refractivity contribution is 7.93. The minimum atomic E-state index is -5.50. The number of benzene rings is 1. The van der Waals surface area contributed by atoms with Gasteiger partial charge in [-0.05, 0) is 54.1 Å². The number of carbonyl (C=O) groups is 1. The summed E-state index contributed by atoms with van der Waals surface area (Å²) in [4.78, 5) is 16.0.